The Morgan fingerprint density at radius 3 is 2.31 bits per heavy atom. The third kappa shape index (κ3) is 1.71. The third-order valence-electron chi connectivity index (χ3n) is 2.82. The molecule has 0 fully saturated rings. The molecule has 0 aromatic heterocycles. The Morgan fingerprint density at radius 2 is 1.62 bits per heavy atom. The van der Waals surface area contributed by atoms with Crippen LogP contribution in [0.3, 0.4) is 0 Å². The Bertz CT molecular complexity index is 627. The molecule has 0 bridgehead atoms. The van der Waals surface area contributed by atoms with Crippen LogP contribution in [0.1, 0.15) is 12.5 Å². The standard InChI is InChI=1S/C13H14O2S/c1-3-16(14,15)13-9-5-7-11-10(2)6-4-8-12(11)13/h4-9H,3H2,1-2H3. The number of hydrogen-bond donors (Lipinski definition) is 0. The maximum Gasteiger partial charge on any atom is 0.178 e. The highest BCUT2D eigenvalue weighted by molar-refractivity contribution is 7.91. The van der Waals surface area contributed by atoms with Gasteiger partial charge < -0.3 is 0 Å². The first-order valence-corrected chi connectivity index (χ1v) is 6.92. The van der Waals surface area contributed by atoms with Gasteiger partial charge in [0.2, 0.25) is 0 Å². The Kier molecular flexibility index (Phi) is 2.72. The predicted octanol–water partition coefficient (Wildman–Crippen LogP) is 2.94. The number of benzene rings is 2. The number of hydrogen-bond acceptors (Lipinski definition) is 2. The topological polar surface area (TPSA) is 34.1 Å². The number of sulfone groups is 1. The van der Waals surface area contributed by atoms with Gasteiger partial charge in [0.05, 0.1) is 10.6 Å². The maximum absolute atomic E-state index is 11.9. The summed E-state index contributed by atoms with van der Waals surface area (Å²) >= 11 is 0. The SMILES string of the molecule is CCS(=O)(=O)c1cccc2c(C)cccc12. The molecule has 0 aliphatic carbocycles. The lowest BCUT2D eigenvalue weighted by Crippen LogP contribution is -2.04. The Morgan fingerprint density at radius 1 is 1.00 bits per heavy atom. The molecule has 84 valence electrons. The first kappa shape index (κ1) is 11.1. The molecule has 2 nitrogen and oxygen atoms in total. The lowest BCUT2D eigenvalue weighted by atomic mass is 10.1. The van der Waals surface area contributed by atoms with Crippen LogP contribution in [-0.4, -0.2) is 14.2 Å². The van der Waals surface area contributed by atoms with E-state index in [1.54, 1.807) is 19.1 Å². The molecule has 0 amide bonds. The molecule has 0 heterocycles. The fourth-order valence-electron chi connectivity index (χ4n) is 1.86. The Hall–Kier alpha value is -1.35. The zero-order chi connectivity index (χ0) is 11.8. The minimum absolute atomic E-state index is 0.139. The van der Waals surface area contributed by atoms with Gasteiger partial charge in [-0.25, -0.2) is 8.42 Å². The second-order valence-corrected chi connectivity index (χ2v) is 6.08. The minimum atomic E-state index is -3.14. The molecule has 0 saturated heterocycles. The summed E-state index contributed by atoms with van der Waals surface area (Å²) < 4.78 is 23.9. The zero-order valence-electron chi connectivity index (χ0n) is 9.40. The van der Waals surface area contributed by atoms with E-state index in [2.05, 4.69) is 0 Å². The van der Waals surface area contributed by atoms with Crippen molar-refractivity contribution in [2.24, 2.45) is 0 Å². The highest BCUT2D eigenvalue weighted by atomic mass is 32.2. The van der Waals surface area contributed by atoms with E-state index in [4.69, 9.17) is 0 Å². The molecule has 2 aromatic rings. The van der Waals surface area contributed by atoms with Crippen LogP contribution in [0.4, 0.5) is 0 Å². The van der Waals surface area contributed by atoms with E-state index in [-0.39, 0.29) is 5.75 Å². The van der Waals surface area contributed by atoms with Crippen molar-refractivity contribution in [3.8, 4) is 0 Å². The molecular formula is C13H14O2S. The van der Waals surface area contributed by atoms with Crippen molar-refractivity contribution < 1.29 is 8.42 Å². The number of rotatable bonds is 2. The average Bonchev–Trinajstić information content (AvgIpc) is 2.29. The number of fused-ring (bicyclic) bond motifs is 1. The van der Waals surface area contributed by atoms with E-state index >= 15 is 0 Å². The summed E-state index contributed by atoms with van der Waals surface area (Å²) in [6.45, 7) is 3.66. The van der Waals surface area contributed by atoms with Crippen LogP contribution in [0.25, 0.3) is 10.8 Å². The van der Waals surface area contributed by atoms with Gasteiger partial charge in [0.1, 0.15) is 0 Å². The molecule has 0 aliphatic heterocycles. The first-order chi connectivity index (χ1) is 7.56. The molecule has 0 spiro atoms. The molecule has 0 aliphatic rings. The van der Waals surface area contributed by atoms with Gasteiger partial charge in [0, 0.05) is 5.39 Å². The highest BCUT2D eigenvalue weighted by Gasteiger charge is 2.14. The normalized spacial score (nSPS) is 11.9. The summed E-state index contributed by atoms with van der Waals surface area (Å²) in [5, 5.41) is 1.83. The van der Waals surface area contributed by atoms with E-state index < -0.39 is 9.84 Å². The van der Waals surface area contributed by atoms with Crippen molar-refractivity contribution in [1.29, 1.82) is 0 Å². The smallest absolute Gasteiger partial charge is 0.178 e. The highest BCUT2D eigenvalue weighted by Crippen LogP contribution is 2.25. The molecule has 16 heavy (non-hydrogen) atoms. The summed E-state index contributed by atoms with van der Waals surface area (Å²) in [6, 6.07) is 11.2. The van der Waals surface area contributed by atoms with E-state index in [0.717, 1.165) is 16.3 Å². The molecule has 0 radical (unpaired) electrons. The summed E-state index contributed by atoms with van der Waals surface area (Å²) in [7, 11) is -3.14. The van der Waals surface area contributed by atoms with Crippen molar-refractivity contribution in [2.75, 3.05) is 5.75 Å². The van der Waals surface area contributed by atoms with E-state index in [9.17, 15) is 8.42 Å². The van der Waals surface area contributed by atoms with Gasteiger partial charge in [0.15, 0.2) is 9.84 Å². The fourth-order valence-corrected chi connectivity index (χ4v) is 2.97. The summed E-state index contributed by atoms with van der Waals surface area (Å²) in [5.74, 6) is 0.139. The van der Waals surface area contributed by atoms with E-state index in [0.29, 0.717) is 4.90 Å². The van der Waals surface area contributed by atoms with Gasteiger partial charge in [-0.1, -0.05) is 37.3 Å². The van der Waals surface area contributed by atoms with Gasteiger partial charge in [0.25, 0.3) is 0 Å². The molecule has 2 rings (SSSR count). The van der Waals surface area contributed by atoms with E-state index in [1.165, 1.54) is 0 Å². The van der Waals surface area contributed by atoms with Gasteiger partial charge in [-0.05, 0) is 23.9 Å². The molecule has 0 atom stereocenters. The van der Waals surface area contributed by atoms with Crippen LogP contribution in [0.15, 0.2) is 41.3 Å². The molecule has 3 heteroatoms. The monoisotopic (exact) mass is 234 g/mol. The van der Waals surface area contributed by atoms with Crippen LogP contribution in [0, 0.1) is 6.92 Å². The van der Waals surface area contributed by atoms with Crippen LogP contribution >= 0.6 is 0 Å². The molecule has 2 aromatic carbocycles. The Labute approximate surface area is 95.8 Å². The van der Waals surface area contributed by atoms with Crippen LogP contribution in [0.2, 0.25) is 0 Å². The second kappa shape index (κ2) is 3.91. The van der Waals surface area contributed by atoms with Crippen LogP contribution in [0.5, 0.6) is 0 Å². The predicted molar refractivity (Wildman–Crippen MR) is 66.4 cm³/mol. The Balaban J connectivity index is 2.88. The number of aryl methyl sites for hydroxylation is 1. The van der Waals surface area contributed by atoms with Gasteiger partial charge in [-0.3, -0.25) is 0 Å². The van der Waals surface area contributed by atoms with Crippen molar-refractivity contribution in [3.63, 3.8) is 0 Å². The van der Waals surface area contributed by atoms with Crippen molar-refractivity contribution in [1.82, 2.24) is 0 Å². The summed E-state index contributed by atoms with van der Waals surface area (Å²) in [6.07, 6.45) is 0. The van der Waals surface area contributed by atoms with E-state index in [1.807, 2.05) is 31.2 Å². The van der Waals surface area contributed by atoms with Crippen LogP contribution in [-0.2, 0) is 9.84 Å². The fraction of sp³-hybridized carbons (Fsp3) is 0.231. The largest absolute Gasteiger partial charge is 0.224 e. The lowest BCUT2D eigenvalue weighted by Gasteiger charge is -2.07. The van der Waals surface area contributed by atoms with Gasteiger partial charge in [-0.15, -0.1) is 0 Å². The minimum Gasteiger partial charge on any atom is -0.224 e. The zero-order valence-corrected chi connectivity index (χ0v) is 10.2. The maximum atomic E-state index is 11.9. The van der Waals surface area contributed by atoms with Crippen molar-refractivity contribution >= 4 is 20.6 Å². The van der Waals surface area contributed by atoms with Crippen LogP contribution < -0.4 is 0 Å². The first-order valence-electron chi connectivity index (χ1n) is 5.27. The van der Waals surface area contributed by atoms with Crippen molar-refractivity contribution in [2.45, 2.75) is 18.7 Å². The quantitative estimate of drug-likeness (QED) is 0.800. The molecular weight excluding hydrogens is 220 g/mol. The van der Waals surface area contributed by atoms with Crippen molar-refractivity contribution in [3.05, 3.63) is 42.0 Å². The third-order valence-corrected chi connectivity index (χ3v) is 4.60. The second-order valence-electron chi connectivity index (χ2n) is 3.83. The average molecular weight is 234 g/mol. The van der Waals surface area contributed by atoms with Gasteiger partial charge in [-0.2, -0.15) is 0 Å². The van der Waals surface area contributed by atoms with Gasteiger partial charge >= 0.3 is 0 Å². The summed E-state index contributed by atoms with van der Waals surface area (Å²) in [5.41, 5.74) is 1.10. The molecule has 0 unspecified atom stereocenters. The summed E-state index contributed by atoms with van der Waals surface area (Å²) in [4.78, 5) is 0.441. The molecule has 0 N–H and O–H groups in total. The lowest BCUT2D eigenvalue weighted by molar-refractivity contribution is 0.598. The molecule has 0 saturated carbocycles.